The lowest BCUT2D eigenvalue weighted by Gasteiger charge is -2.21. The third-order valence-corrected chi connectivity index (χ3v) is 2.79. The van der Waals surface area contributed by atoms with E-state index in [1.165, 1.54) is 12.1 Å². The molecule has 0 radical (unpaired) electrons. The Morgan fingerprint density at radius 3 is 2.75 bits per heavy atom. The summed E-state index contributed by atoms with van der Waals surface area (Å²) in [5.41, 5.74) is 6.50. The summed E-state index contributed by atoms with van der Waals surface area (Å²) in [5, 5.41) is 0. The fourth-order valence-corrected chi connectivity index (χ4v) is 2.01. The summed E-state index contributed by atoms with van der Waals surface area (Å²) in [6.45, 7) is 0.654. The van der Waals surface area contributed by atoms with Gasteiger partial charge in [0.15, 0.2) is 0 Å². The quantitative estimate of drug-likeness (QED) is 0.741. The predicted molar refractivity (Wildman–Crippen MR) is 61.6 cm³/mol. The lowest BCUT2D eigenvalue weighted by molar-refractivity contribution is -0.118. The first kappa shape index (κ1) is 10.9. The van der Waals surface area contributed by atoms with Crippen LogP contribution in [0.1, 0.15) is 25.7 Å². The van der Waals surface area contributed by atoms with Gasteiger partial charge in [-0.1, -0.05) is 6.42 Å². The highest BCUT2D eigenvalue weighted by Gasteiger charge is 2.18. The van der Waals surface area contributed by atoms with Crippen LogP contribution in [0.3, 0.4) is 0 Å². The molecule has 1 aromatic rings. The van der Waals surface area contributed by atoms with E-state index in [1.54, 1.807) is 11.0 Å². The van der Waals surface area contributed by atoms with E-state index in [2.05, 4.69) is 0 Å². The maximum Gasteiger partial charge on any atom is 0.226 e. The molecule has 1 saturated heterocycles. The van der Waals surface area contributed by atoms with Crippen LogP contribution in [-0.4, -0.2) is 12.5 Å². The van der Waals surface area contributed by atoms with Gasteiger partial charge in [-0.15, -0.1) is 0 Å². The summed E-state index contributed by atoms with van der Waals surface area (Å²) >= 11 is 0. The molecular weight excluding hydrogens is 207 g/mol. The van der Waals surface area contributed by atoms with E-state index in [-0.39, 0.29) is 5.91 Å². The number of anilines is 2. The second-order valence-electron chi connectivity index (χ2n) is 4.10. The lowest BCUT2D eigenvalue weighted by atomic mass is 10.2. The topological polar surface area (TPSA) is 46.3 Å². The van der Waals surface area contributed by atoms with Crippen molar-refractivity contribution >= 4 is 17.3 Å². The Morgan fingerprint density at radius 2 is 2.00 bits per heavy atom. The molecule has 2 N–H and O–H groups in total. The van der Waals surface area contributed by atoms with Gasteiger partial charge >= 0.3 is 0 Å². The molecule has 86 valence electrons. The Hall–Kier alpha value is -1.58. The van der Waals surface area contributed by atoms with Crippen LogP contribution < -0.4 is 10.6 Å². The third kappa shape index (κ3) is 2.32. The van der Waals surface area contributed by atoms with Crippen molar-refractivity contribution in [3.8, 4) is 0 Å². The van der Waals surface area contributed by atoms with Crippen LogP contribution in [0, 0.1) is 5.82 Å². The molecule has 1 aliphatic rings. The molecule has 1 fully saturated rings. The fraction of sp³-hybridized carbons (Fsp3) is 0.417. The van der Waals surface area contributed by atoms with Crippen LogP contribution in [0.4, 0.5) is 15.8 Å². The molecule has 1 aliphatic heterocycles. The summed E-state index contributed by atoms with van der Waals surface area (Å²) in [7, 11) is 0. The highest BCUT2D eigenvalue weighted by atomic mass is 19.1. The summed E-state index contributed by atoms with van der Waals surface area (Å²) in [5.74, 6) is -0.338. The van der Waals surface area contributed by atoms with Gasteiger partial charge in [-0.05, 0) is 31.0 Å². The van der Waals surface area contributed by atoms with E-state index in [0.717, 1.165) is 19.3 Å². The van der Waals surface area contributed by atoms with E-state index >= 15 is 0 Å². The van der Waals surface area contributed by atoms with Crippen molar-refractivity contribution in [2.75, 3.05) is 17.2 Å². The lowest BCUT2D eigenvalue weighted by Crippen LogP contribution is -2.30. The van der Waals surface area contributed by atoms with Gasteiger partial charge in [0.1, 0.15) is 5.82 Å². The first-order valence-electron chi connectivity index (χ1n) is 5.53. The normalized spacial score (nSPS) is 17.3. The van der Waals surface area contributed by atoms with E-state index in [4.69, 9.17) is 5.73 Å². The Kier molecular flexibility index (Phi) is 3.08. The SMILES string of the molecule is Nc1cc(F)cc(N2CCCCCC2=O)c1. The van der Waals surface area contributed by atoms with Gasteiger partial charge in [0.2, 0.25) is 5.91 Å². The molecule has 0 aliphatic carbocycles. The van der Waals surface area contributed by atoms with Gasteiger partial charge in [-0.25, -0.2) is 4.39 Å². The number of carbonyl (C=O) groups excluding carboxylic acids is 1. The number of hydrogen-bond acceptors (Lipinski definition) is 2. The van der Waals surface area contributed by atoms with Crippen LogP contribution in [0.25, 0.3) is 0 Å². The number of benzene rings is 1. The third-order valence-electron chi connectivity index (χ3n) is 2.79. The molecule has 3 nitrogen and oxygen atoms in total. The summed E-state index contributed by atoms with van der Waals surface area (Å²) < 4.78 is 13.2. The zero-order valence-electron chi connectivity index (χ0n) is 9.08. The Morgan fingerprint density at radius 1 is 1.19 bits per heavy atom. The fourth-order valence-electron chi connectivity index (χ4n) is 2.01. The number of nitrogens with zero attached hydrogens (tertiary/aromatic N) is 1. The molecule has 1 aromatic carbocycles. The number of nitrogens with two attached hydrogens (primary N) is 1. The van der Waals surface area contributed by atoms with E-state index < -0.39 is 5.82 Å². The number of halogens is 1. The zero-order valence-corrected chi connectivity index (χ0v) is 9.08. The van der Waals surface area contributed by atoms with Gasteiger partial charge in [-0.2, -0.15) is 0 Å². The van der Waals surface area contributed by atoms with Crippen molar-refractivity contribution in [3.63, 3.8) is 0 Å². The van der Waals surface area contributed by atoms with Crippen LogP contribution in [0.15, 0.2) is 18.2 Å². The summed E-state index contributed by atoms with van der Waals surface area (Å²) in [6.07, 6.45) is 3.46. The second-order valence-corrected chi connectivity index (χ2v) is 4.10. The Balaban J connectivity index is 2.30. The predicted octanol–water partition coefficient (Wildman–Crippen LogP) is 2.31. The molecule has 1 heterocycles. The highest BCUT2D eigenvalue weighted by molar-refractivity contribution is 5.93. The molecule has 0 aromatic heterocycles. The molecule has 2 rings (SSSR count). The number of nitrogen functional groups attached to an aromatic ring is 1. The molecule has 0 spiro atoms. The Bertz CT molecular complexity index is 386. The van der Waals surface area contributed by atoms with Crippen molar-refractivity contribution in [1.29, 1.82) is 0 Å². The maximum atomic E-state index is 13.2. The van der Waals surface area contributed by atoms with Gasteiger partial charge in [-0.3, -0.25) is 4.79 Å². The molecule has 4 heteroatoms. The average Bonchev–Trinajstić information content (AvgIpc) is 2.41. The maximum absolute atomic E-state index is 13.2. The number of carbonyl (C=O) groups is 1. The summed E-state index contributed by atoms with van der Waals surface area (Å²) in [6, 6.07) is 4.26. The van der Waals surface area contributed by atoms with Crippen molar-refractivity contribution in [2.24, 2.45) is 0 Å². The van der Waals surface area contributed by atoms with Gasteiger partial charge < -0.3 is 10.6 Å². The molecule has 1 amide bonds. The molecule has 0 bridgehead atoms. The molecule has 16 heavy (non-hydrogen) atoms. The van der Waals surface area contributed by atoms with Crippen molar-refractivity contribution < 1.29 is 9.18 Å². The van der Waals surface area contributed by atoms with Crippen LogP contribution in [-0.2, 0) is 4.79 Å². The smallest absolute Gasteiger partial charge is 0.226 e. The monoisotopic (exact) mass is 222 g/mol. The number of hydrogen-bond donors (Lipinski definition) is 1. The largest absolute Gasteiger partial charge is 0.399 e. The number of amides is 1. The van der Waals surface area contributed by atoms with Crippen LogP contribution >= 0.6 is 0 Å². The van der Waals surface area contributed by atoms with E-state index in [0.29, 0.717) is 24.3 Å². The van der Waals surface area contributed by atoms with Gasteiger partial charge in [0.05, 0.1) is 0 Å². The molecule has 0 atom stereocenters. The molecular formula is C12H15FN2O. The standard InChI is InChI=1S/C12H15FN2O/c13-9-6-10(14)8-11(7-9)15-5-3-1-2-4-12(15)16/h6-8H,1-5,14H2. The molecule has 0 saturated carbocycles. The van der Waals surface area contributed by atoms with Crippen molar-refractivity contribution in [1.82, 2.24) is 0 Å². The summed E-state index contributed by atoms with van der Waals surface area (Å²) in [4.78, 5) is 13.4. The highest BCUT2D eigenvalue weighted by Crippen LogP contribution is 2.23. The second kappa shape index (κ2) is 4.51. The van der Waals surface area contributed by atoms with E-state index in [9.17, 15) is 9.18 Å². The van der Waals surface area contributed by atoms with Crippen LogP contribution in [0.2, 0.25) is 0 Å². The Labute approximate surface area is 94.0 Å². The zero-order chi connectivity index (χ0) is 11.5. The average molecular weight is 222 g/mol. The first-order valence-corrected chi connectivity index (χ1v) is 5.53. The minimum Gasteiger partial charge on any atom is -0.399 e. The molecule has 0 unspecified atom stereocenters. The van der Waals surface area contributed by atoms with Crippen molar-refractivity contribution in [3.05, 3.63) is 24.0 Å². The van der Waals surface area contributed by atoms with Gasteiger partial charge in [0.25, 0.3) is 0 Å². The van der Waals surface area contributed by atoms with Gasteiger partial charge in [0, 0.05) is 24.3 Å². The van der Waals surface area contributed by atoms with Crippen molar-refractivity contribution in [2.45, 2.75) is 25.7 Å². The minimum atomic E-state index is -0.396. The number of rotatable bonds is 1. The van der Waals surface area contributed by atoms with E-state index in [1.807, 2.05) is 0 Å². The first-order chi connectivity index (χ1) is 7.66. The minimum absolute atomic E-state index is 0.0579. The van der Waals surface area contributed by atoms with Crippen LogP contribution in [0.5, 0.6) is 0 Å².